The zero-order valence-electron chi connectivity index (χ0n) is 28.4. The molecule has 0 atom stereocenters. The number of fused-ring (bicyclic) bond motifs is 9. The van der Waals surface area contributed by atoms with E-state index in [1.54, 1.807) is 12.1 Å². The number of anilines is 3. The van der Waals surface area contributed by atoms with Crippen molar-refractivity contribution in [1.82, 2.24) is 4.40 Å². The highest BCUT2D eigenvalue weighted by molar-refractivity contribution is 7.92. The first kappa shape index (κ1) is 30.0. The fourth-order valence-electron chi connectivity index (χ4n) is 8.45. The van der Waals surface area contributed by atoms with E-state index in [0.29, 0.717) is 9.79 Å². The number of nitrogens with zero attached hydrogens (tertiary/aromatic N) is 2. The maximum Gasteiger partial charge on any atom is 0.207 e. The third kappa shape index (κ3) is 4.38. The summed E-state index contributed by atoms with van der Waals surface area (Å²) in [5.41, 5.74) is 12.3. The van der Waals surface area contributed by atoms with Gasteiger partial charge >= 0.3 is 0 Å². The molecule has 0 bridgehead atoms. The highest BCUT2D eigenvalue weighted by Gasteiger charge is 2.33. The maximum absolute atomic E-state index is 13.9. The normalized spacial score (nSPS) is 13.2. The summed E-state index contributed by atoms with van der Waals surface area (Å²) in [5.74, 6) is 0. The molecule has 0 saturated heterocycles. The van der Waals surface area contributed by atoms with Gasteiger partial charge in [-0.3, -0.25) is 0 Å². The van der Waals surface area contributed by atoms with Crippen LogP contribution in [0.3, 0.4) is 0 Å². The second kappa shape index (κ2) is 11.2. The molecule has 8 aromatic carbocycles. The van der Waals surface area contributed by atoms with Crippen molar-refractivity contribution in [3.8, 4) is 33.4 Å². The van der Waals surface area contributed by atoms with Gasteiger partial charge in [-0.25, -0.2) is 8.42 Å². The van der Waals surface area contributed by atoms with Gasteiger partial charge < -0.3 is 9.30 Å². The molecule has 11 rings (SSSR count). The van der Waals surface area contributed by atoms with Crippen LogP contribution in [0.5, 0.6) is 0 Å². The van der Waals surface area contributed by atoms with Crippen LogP contribution in [-0.2, 0) is 9.84 Å². The molecule has 250 valence electrons. The first-order chi connectivity index (χ1) is 26.0. The predicted octanol–water partition coefficient (Wildman–Crippen LogP) is 12.5. The average Bonchev–Trinajstić information content (AvgIpc) is 3.81. The Balaban J connectivity index is 1.03. The standard InChI is InChI=1S/C48H30N2O2S/c51-53(52)46-25-21-32(31-19-23-37(24-20-31)49(35-11-3-1-4-12-35)36-13-5-2-6-14-36)27-40(46)41-28-33(22-26-47(41)53)34-29-42-38-15-7-9-17-44(38)50-45-18-10-8-16-39(45)43(30-34)48(42)50/h1-30H. The minimum atomic E-state index is -3.65. The Kier molecular flexibility index (Phi) is 6.31. The van der Waals surface area contributed by atoms with Crippen LogP contribution in [0.2, 0.25) is 0 Å². The second-order valence-electron chi connectivity index (χ2n) is 13.8. The Morgan fingerprint density at radius 1 is 0.377 bits per heavy atom. The van der Waals surface area contributed by atoms with Crippen LogP contribution in [0.4, 0.5) is 17.1 Å². The summed E-state index contributed by atoms with van der Waals surface area (Å²) in [5, 5.41) is 4.81. The third-order valence-electron chi connectivity index (χ3n) is 10.9. The van der Waals surface area contributed by atoms with Crippen LogP contribution in [-0.4, -0.2) is 12.8 Å². The molecule has 0 N–H and O–H groups in total. The average molecular weight is 699 g/mol. The van der Waals surface area contributed by atoms with Crippen LogP contribution in [0, 0.1) is 0 Å². The molecule has 0 aliphatic carbocycles. The van der Waals surface area contributed by atoms with Gasteiger partial charge in [-0.15, -0.1) is 0 Å². The molecular weight excluding hydrogens is 669 g/mol. The number of sulfone groups is 1. The number of aromatic nitrogens is 1. The van der Waals surface area contributed by atoms with E-state index < -0.39 is 9.84 Å². The molecule has 0 spiro atoms. The van der Waals surface area contributed by atoms with E-state index in [1.165, 1.54) is 38.1 Å². The van der Waals surface area contributed by atoms with Crippen molar-refractivity contribution in [3.63, 3.8) is 0 Å². The number of benzene rings is 8. The van der Waals surface area contributed by atoms with E-state index in [9.17, 15) is 8.42 Å². The van der Waals surface area contributed by atoms with E-state index >= 15 is 0 Å². The number of hydrogen-bond acceptors (Lipinski definition) is 3. The molecule has 2 aromatic heterocycles. The molecule has 0 saturated carbocycles. The monoisotopic (exact) mass is 698 g/mol. The molecule has 1 aliphatic rings. The largest absolute Gasteiger partial charge is 0.311 e. The van der Waals surface area contributed by atoms with Crippen molar-refractivity contribution in [1.29, 1.82) is 0 Å². The summed E-state index contributed by atoms with van der Waals surface area (Å²) in [6.07, 6.45) is 0. The van der Waals surface area contributed by atoms with Crippen molar-refractivity contribution in [2.24, 2.45) is 0 Å². The summed E-state index contributed by atoms with van der Waals surface area (Å²) < 4.78 is 30.1. The predicted molar refractivity (Wildman–Crippen MR) is 218 cm³/mol. The van der Waals surface area contributed by atoms with Gasteiger partial charge in [0, 0.05) is 49.7 Å². The quantitative estimate of drug-likeness (QED) is 0.180. The van der Waals surface area contributed by atoms with E-state index in [4.69, 9.17) is 0 Å². The fourth-order valence-corrected chi connectivity index (χ4v) is 10.1. The van der Waals surface area contributed by atoms with Gasteiger partial charge in [-0.1, -0.05) is 97.1 Å². The first-order valence-corrected chi connectivity index (χ1v) is 19.2. The molecule has 53 heavy (non-hydrogen) atoms. The molecule has 0 fully saturated rings. The summed E-state index contributed by atoms with van der Waals surface area (Å²) in [7, 11) is -3.65. The Morgan fingerprint density at radius 2 is 0.811 bits per heavy atom. The molecule has 4 nitrogen and oxygen atoms in total. The van der Waals surface area contributed by atoms with Crippen molar-refractivity contribution in [2.75, 3.05) is 4.90 Å². The van der Waals surface area contributed by atoms with Gasteiger partial charge in [0.1, 0.15) is 0 Å². The van der Waals surface area contributed by atoms with E-state index in [0.717, 1.165) is 50.4 Å². The molecule has 10 aromatic rings. The number of rotatable bonds is 5. The van der Waals surface area contributed by atoms with Gasteiger partial charge in [0.15, 0.2) is 0 Å². The molecule has 5 heteroatoms. The van der Waals surface area contributed by atoms with E-state index in [-0.39, 0.29) is 0 Å². The van der Waals surface area contributed by atoms with Crippen molar-refractivity contribution >= 4 is 65.0 Å². The third-order valence-corrected chi connectivity index (χ3v) is 12.7. The topological polar surface area (TPSA) is 41.8 Å². The molecule has 1 aliphatic heterocycles. The minimum Gasteiger partial charge on any atom is -0.311 e. The number of hydrogen-bond donors (Lipinski definition) is 0. The van der Waals surface area contributed by atoms with Crippen molar-refractivity contribution in [2.45, 2.75) is 9.79 Å². The SMILES string of the molecule is O=S1(=O)c2ccc(-c3ccc(N(c4ccccc4)c4ccccc4)cc3)cc2-c2cc(-c3cc4c5ccccc5n5c6ccccc6c(c3)c45)ccc21. The summed E-state index contributed by atoms with van der Waals surface area (Å²) >= 11 is 0. The van der Waals surface area contributed by atoms with Crippen LogP contribution >= 0.6 is 0 Å². The molecule has 0 amide bonds. The number of para-hydroxylation sites is 4. The highest BCUT2D eigenvalue weighted by atomic mass is 32.2. The molecule has 0 unspecified atom stereocenters. The Hall–Kier alpha value is -6.69. The Labute approximate surface area is 306 Å². The maximum atomic E-state index is 13.9. The summed E-state index contributed by atoms with van der Waals surface area (Å²) in [4.78, 5) is 2.95. The van der Waals surface area contributed by atoms with Gasteiger partial charge in [-0.05, 0) is 107 Å². The fraction of sp³-hybridized carbons (Fsp3) is 0. The van der Waals surface area contributed by atoms with Crippen LogP contribution in [0.25, 0.3) is 71.5 Å². The Morgan fingerprint density at radius 3 is 1.34 bits per heavy atom. The lowest BCUT2D eigenvalue weighted by atomic mass is 9.94. The van der Waals surface area contributed by atoms with Gasteiger partial charge in [-0.2, -0.15) is 0 Å². The molecule has 0 radical (unpaired) electrons. The zero-order valence-corrected chi connectivity index (χ0v) is 29.3. The lowest BCUT2D eigenvalue weighted by Gasteiger charge is -2.25. The minimum absolute atomic E-state index is 0.357. The first-order valence-electron chi connectivity index (χ1n) is 17.8. The molecular formula is C48H30N2O2S. The van der Waals surface area contributed by atoms with Crippen LogP contribution in [0.1, 0.15) is 0 Å². The van der Waals surface area contributed by atoms with Gasteiger partial charge in [0.2, 0.25) is 9.84 Å². The van der Waals surface area contributed by atoms with Crippen molar-refractivity contribution in [3.05, 3.63) is 182 Å². The van der Waals surface area contributed by atoms with Gasteiger partial charge in [0.05, 0.1) is 26.3 Å². The lowest BCUT2D eigenvalue weighted by Crippen LogP contribution is -2.09. The van der Waals surface area contributed by atoms with E-state index in [2.05, 4.69) is 125 Å². The highest BCUT2D eigenvalue weighted by Crippen LogP contribution is 2.48. The van der Waals surface area contributed by atoms with Crippen molar-refractivity contribution < 1.29 is 8.42 Å². The lowest BCUT2D eigenvalue weighted by molar-refractivity contribution is 0.598. The Bertz CT molecular complexity index is 3050. The summed E-state index contributed by atoms with van der Waals surface area (Å²) in [6, 6.07) is 62.4. The second-order valence-corrected chi connectivity index (χ2v) is 15.7. The zero-order chi connectivity index (χ0) is 35.3. The molecule has 3 heterocycles. The van der Waals surface area contributed by atoms with Gasteiger partial charge in [0.25, 0.3) is 0 Å². The van der Waals surface area contributed by atoms with Crippen LogP contribution < -0.4 is 4.90 Å². The van der Waals surface area contributed by atoms with E-state index in [1.807, 2.05) is 54.6 Å². The summed E-state index contributed by atoms with van der Waals surface area (Å²) in [6.45, 7) is 0. The smallest absolute Gasteiger partial charge is 0.207 e. The van der Waals surface area contributed by atoms with Crippen LogP contribution in [0.15, 0.2) is 192 Å².